The fourth-order valence-electron chi connectivity index (χ4n) is 1.79. The molecule has 2 aromatic rings. The SMILES string of the molecule is COc1ccc(C(NN)c2cncs2)c(C)c1. The fraction of sp³-hybridized carbons (Fsp3) is 0.250. The highest BCUT2D eigenvalue weighted by atomic mass is 32.1. The third-order valence-corrected chi connectivity index (χ3v) is 3.53. The van der Waals surface area contributed by atoms with Gasteiger partial charge in [0.25, 0.3) is 0 Å². The first kappa shape index (κ1) is 12.0. The van der Waals surface area contributed by atoms with Crippen LogP contribution in [0.15, 0.2) is 29.9 Å². The average molecular weight is 249 g/mol. The molecule has 0 aliphatic heterocycles. The quantitative estimate of drug-likeness (QED) is 0.643. The standard InChI is InChI=1S/C12H15N3OS/c1-8-5-9(16-2)3-4-10(8)12(15-13)11-6-14-7-17-11/h3-7,12,15H,13H2,1-2H3. The molecule has 17 heavy (non-hydrogen) atoms. The number of hydrazine groups is 1. The molecule has 0 aliphatic rings. The summed E-state index contributed by atoms with van der Waals surface area (Å²) in [4.78, 5) is 5.18. The van der Waals surface area contributed by atoms with Gasteiger partial charge in [-0.2, -0.15) is 0 Å². The van der Waals surface area contributed by atoms with Crippen LogP contribution in [0.25, 0.3) is 0 Å². The molecular formula is C12H15N3OS. The second kappa shape index (κ2) is 5.27. The number of hydrogen-bond acceptors (Lipinski definition) is 5. The van der Waals surface area contributed by atoms with E-state index in [0.29, 0.717) is 0 Å². The van der Waals surface area contributed by atoms with E-state index < -0.39 is 0 Å². The molecule has 1 atom stereocenters. The summed E-state index contributed by atoms with van der Waals surface area (Å²) in [5, 5.41) is 0. The summed E-state index contributed by atoms with van der Waals surface area (Å²) in [6.45, 7) is 2.04. The van der Waals surface area contributed by atoms with E-state index in [0.717, 1.165) is 21.8 Å². The zero-order valence-electron chi connectivity index (χ0n) is 9.81. The fourth-order valence-corrected chi connectivity index (χ4v) is 2.49. The van der Waals surface area contributed by atoms with Crippen LogP contribution < -0.4 is 16.0 Å². The number of hydrogen-bond donors (Lipinski definition) is 2. The van der Waals surface area contributed by atoms with Gasteiger partial charge < -0.3 is 4.74 Å². The molecular weight excluding hydrogens is 234 g/mol. The van der Waals surface area contributed by atoms with Crippen molar-refractivity contribution in [2.45, 2.75) is 13.0 Å². The van der Waals surface area contributed by atoms with Crippen molar-refractivity contribution in [3.63, 3.8) is 0 Å². The van der Waals surface area contributed by atoms with Crippen LogP contribution in [-0.2, 0) is 0 Å². The van der Waals surface area contributed by atoms with Gasteiger partial charge in [0.1, 0.15) is 5.75 Å². The highest BCUT2D eigenvalue weighted by Crippen LogP contribution is 2.28. The number of nitrogens with two attached hydrogens (primary N) is 1. The third kappa shape index (κ3) is 2.46. The molecule has 2 rings (SSSR count). The summed E-state index contributed by atoms with van der Waals surface area (Å²) in [6.07, 6.45) is 1.83. The molecule has 1 aromatic heterocycles. The highest BCUT2D eigenvalue weighted by Gasteiger charge is 2.16. The van der Waals surface area contributed by atoms with Gasteiger partial charge in [-0.3, -0.25) is 10.8 Å². The lowest BCUT2D eigenvalue weighted by atomic mass is 10.0. The number of rotatable bonds is 4. The molecule has 0 amide bonds. The first-order valence-corrected chi connectivity index (χ1v) is 6.13. The summed E-state index contributed by atoms with van der Waals surface area (Å²) in [6, 6.07) is 5.95. The highest BCUT2D eigenvalue weighted by molar-refractivity contribution is 7.09. The Balaban J connectivity index is 2.38. The van der Waals surface area contributed by atoms with Crippen molar-refractivity contribution >= 4 is 11.3 Å². The molecule has 90 valence electrons. The molecule has 0 bridgehead atoms. The van der Waals surface area contributed by atoms with E-state index >= 15 is 0 Å². The Morgan fingerprint density at radius 2 is 2.29 bits per heavy atom. The van der Waals surface area contributed by atoms with Gasteiger partial charge in [-0.05, 0) is 30.2 Å². The van der Waals surface area contributed by atoms with Gasteiger partial charge in [-0.15, -0.1) is 11.3 Å². The zero-order valence-corrected chi connectivity index (χ0v) is 10.6. The number of aryl methyl sites for hydroxylation is 1. The molecule has 1 aromatic carbocycles. The second-order valence-corrected chi connectivity index (χ2v) is 4.64. The normalized spacial score (nSPS) is 12.4. The van der Waals surface area contributed by atoms with E-state index in [1.165, 1.54) is 0 Å². The number of aromatic nitrogens is 1. The molecule has 1 heterocycles. The van der Waals surface area contributed by atoms with E-state index in [1.54, 1.807) is 24.0 Å². The van der Waals surface area contributed by atoms with Crippen LogP contribution in [0.3, 0.4) is 0 Å². The zero-order chi connectivity index (χ0) is 12.3. The number of nitrogens with zero attached hydrogens (tertiary/aromatic N) is 1. The minimum Gasteiger partial charge on any atom is -0.497 e. The number of nitrogens with one attached hydrogen (secondary N) is 1. The smallest absolute Gasteiger partial charge is 0.119 e. The first-order chi connectivity index (χ1) is 8.26. The molecule has 0 radical (unpaired) electrons. The Morgan fingerprint density at radius 3 is 2.82 bits per heavy atom. The van der Waals surface area contributed by atoms with Gasteiger partial charge in [-0.25, -0.2) is 5.43 Å². The van der Waals surface area contributed by atoms with Crippen LogP contribution in [0.2, 0.25) is 0 Å². The van der Waals surface area contributed by atoms with E-state index in [2.05, 4.69) is 10.4 Å². The molecule has 5 heteroatoms. The van der Waals surface area contributed by atoms with Crippen molar-refractivity contribution in [3.05, 3.63) is 45.9 Å². The molecule has 0 spiro atoms. The number of benzene rings is 1. The predicted octanol–water partition coefficient (Wildman–Crippen LogP) is 2.01. The lowest BCUT2D eigenvalue weighted by Crippen LogP contribution is -2.28. The third-order valence-electron chi connectivity index (χ3n) is 2.69. The number of thiazole rings is 1. The molecule has 0 saturated heterocycles. The van der Waals surface area contributed by atoms with Crippen molar-refractivity contribution in [2.75, 3.05) is 7.11 Å². The van der Waals surface area contributed by atoms with Gasteiger partial charge in [0.05, 0.1) is 18.7 Å². The van der Waals surface area contributed by atoms with Gasteiger partial charge >= 0.3 is 0 Å². The first-order valence-electron chi connectivity index (χ1n) is 5.25. The summed E-state index contributed by atoms with van der Waals surface area (Å²) in [5.41, 5.74) is 6.91. The molecule has 0 saturated carbocycles. The summed E-state index contributed by atoms with van der Waals surface area (Å²) < 4.78 is 5.19. The molecule has 1 unspecified atom stereocenters. The number of ether oxygens (including phenoxy) is 1. The van der Waals surface area contributed by atoms with Crippen LogP contribution in [0.5, 0.6) is 5.75 Å². The lowest BCUT2D eigenvalue weighted by Gasteiger charge is -2.17. The van der Waals surface area contributed by atoms with E-state index in [-0.39, 0.29) is 6.04 Å². The maximum atomic E-state index is 5.63. The summed E-state index contributed by atoms with van der Waals surface area (Å²) >= 11 is 1.58. The van der Waals surface area contributed by atoms with Gasteiger partial charge in [0.15, 0.2) is 0 Å². The van der Waals surface area contributed by atoms with Crippen LogP contribution in [0, 0.1) is 6.92 Å². The monoisotopic (exact) mass is 249 g/mol. The second-order valence-electron chi connectivity index (χ2n) is 3.73. The van der Waals surface area contributed by atoms with Crippen molar-refractivity contribution < 1.29 is 4.74 Å². The number of methoxy groups -OCH3 is 1. The van der Waals surface area contributed by atoms with Crippen LogP contribution >= 0.6 is 11.3 Å². The molecule has 0 aliphatic carbocycles. The van der Waals surface area contributed by atoms with Gasteiger partial charge in [0, 0.05) is 11.1 Å². The Bertz CT molecular complexity index is 485. The van der Waals surface area contributed by atoms with Crippen LogP contribution in [0.1, 0.15) is 22.0 Å². The lowest BCUT2D eigenvalue weighted by molar-refractivity contribution is 0.414. The van der Waals surface area contributed by atoms with E-state index in [1.807, 2.05) is 31.3 Å². The molecule has 0 fully saturated rings. The minimum absolute atomic E-state index is 0.0200. The maximum Gasteiger partial charge on any atom is 0.119 e. The van der Waals surface area contributed by atoms with Crippen molar-refractivity contribution in [1.29, 1.82) is 0 Å². The summed E-state index contributed by atoms with van der Waals surface area (Å²) in [7, 11) is 1.66. The predicted molar refractivity (Wildman–Crippen MR) is 69.0 cm³/mol. The molecule has 3 N–H and O–H groups in total. The minimum atomic E-state index is -0.0200. The van der Waals surface area contributed by atoms with Gasteiger partial charge in [-0.1, -0.05) is 6.07 Å². The van der Waals surface area contributed by atoms with Gasteiger partial charge in [0.2, 0.25) is 0 Å². The summed E-state index contributed by atoms with van der Waals surface area (Å²) in [5.74, 6) is 6.49. The Morgan fingerprint density at radius 1 is 1.47 bits per heavy atom. The maximum absolute atomic E-state index is 5.63. The van der Waals surface area contributed by atoms with E-state index in [4.69, 9.17) is 10.6 Å². The Labute approximate surface area is 104 Å². The van der Waals surface area contributed by atoms with E-state index in [9.17, 15) is 0 Å². The topological polar surface area (TPSA) is 60.2 Å². The Hall–Kier alpha value is -1.43. The Kier molecular flexibility index (Phi) is 3.73. The molecule has 4 nitrogen and oxygen atoms in total. The van der Waals surface area contributed by atoms with Crippen LogP contribution in [-0.4, -0.2) is 12.1 Å². The largest absolute Gasteiger partial charge is 0.497 e. The van der Waals surface area contributed by atoms with Crippen LogP contribution in [0.4, 0.5) is 0 Å². The van der Waals surface area contributed by atoms with Crippen molar-refractivity contribution in [3.8, 4) is 5.75 Å². The van der Waals surface area contributed by atoms with Crippen molar-refractivity contribution in [2.24, 2.45) is 5.84 Å². The average Bonchev–Trinajstić information content (AvgIpc) is 2.85. The van der Waals surface area contributed by atoms with Crippen molar-refractivity contribution in [1.82, 2.24) is 10.4 Å².